The topological polar surface area (TPSA) is 26.3 Å². The largest absolute Gasteiger partial charge is 0.378 e. The molecular formula is C10H20O2. The first kappa shape index (κ1) is 11.6. The zero-order valence-corrected chi connectivity index (χ0v) is 8.38. The highest BCUT2D eigenvalue weighted by Crippen LogP contribution is 2.04. The Hall–Kier alpha value is -0.370. The van der Waals surface area contributed by atoms with Crippen LogP contribution in [0.25, 0.3) is 0 Å². The molecule has 12 heavy (non-hydrogen) atoms. The van der Waals surface area contributed by atoms with E-state index in [-0.39, 0.29) is 6.10 Å². The maximum absolute atomic E-state index is 10.0. The number of carbonyl (C=O) groups is 1. The van der Waals surface area contributed by atoms with Gasteiger partial charge in [0.15, 0.2) is 0 Å². The molecule has 0 saturated carbocycles. The van der Waals surface area contributed by atoms with E-state index < -0.39 is 0 Å². The minimum Gasteiger partial charge on any atom is -0.378 e. The van der Waals surface area contributed by atoms with Crippen molar-refractivity contribution in [1.82, 2.24) is 0 Å². The summed E-state index contributed by atoms with van der Waals surface area (Å²) < 4.78 is 5.50. The number of carbonyl (C=O) groups excluding carboxylic acids is 1. The second kappa shape index (κ2) is 7.29. The van der Waals surface area contributed by atoms with E-state index in [9.17, 15) is 4.79 Å². The van der Waals surface area contributed by atoms with Crippen LogP contribution in [0, 0.1) is 5.92 Å². The summed E-state index contributed by atoms with van der Waals surface area (Å²) in [4.78, 5) is 10.0. The monoisotopic (exact) mass is 172 g/mol. The molecule has 0 fully saturated rings. The predicted molar refractivity (Wildman–Crippen MR) is 50.2 cm³/mol. The predicted octanol–water partition coefficient (Wildman–Crippen LogP) is 2.42. The van der Waals surface area contributed by atoms with E-state index in [0.717, 1.165) is 25.7 Å². The Kier molecular flexibility index (Phi) is 7.06. The van der Waals surface area contributed by atoms with Crippen LogP contribution in [0.2, 0.25) is 0 Å². The molecule has 0 aliphatic rings. The number of aldehydes is 1. The molecule has 0 bridgehead atoms. The van der Waals surface area contributed by atoms with Crippen molar-refractivity contribution in [3.63, 3.8) is 0 Å². The van der Waals surface area contributed by atoms with Gasteiger partial charge in [-0.1, -0.05) is 13.8 Å². The lowest BCUT2D eigenvalue weighted by molar-refractivity contribution is -0.108. The Labute approximate surface area is 75.3 Å². The maximum atomic E-state index is 10.0. The maximum Gasteiger partial charge on any atom is 0.120 e. The summed E-state index contributed by atoms with van der Waals surface area (Å²) in [5.41, 5.74) is 0. The summed E-state index contributed by atoms with van der Waals surface area (Å²) in [5.74, 6) is 0.697. The van der Waals surface area contributed by atoms with Gasteiger partial charge < -0.3 is 9.53 Å². The van der Waals surface area contributed by atoms with E-state index in [1.54, 1.807) is 0 Å². The van der Waals surface area contributed by atoms with Gasteiger partial charge in [-0.15, -0.1) is 0 Å². The molecule has 0 N–H and O–H groups in total. The van der Waals surface area contributed by atoms with Crippen LogP contribution in [-0.2, 0) is 9.53 Å². The SMILES string of the molecule is CC(C)CCOC(C)CCC=O. The van der Waals surface area contributed by atoms with E-state index in [0.29, 0.717) is 12.3 Å². The van der Waals surface area contributed by atoms with Crippen molar-refractivity contribution in [2.75, 3.05) is 6.61 Å². The highest BCUT2D eigenvalue weighted by molar-refractivity contribution is 5.49. The quantitative estimate of drug-likeness (QED) is 0.551. The van der Waals surface area contributed by atoms with E-state index >= 15 is 0 Å². The fourth-order valence-electron chi connectivity index (χ4n) is 0.891. The molecule has 0 amide bonds. The van der Waals surface area contributed by atoms with Gasteiger partial charge in [-0.3, -0.25) is 0 Å². The van der Waals surface area contributed by atoms with E-state index in [4.69, 9.17) is 4.74 Å². The third-order valence-electron chi connectivity index (χ3n) is 1.79. The molecule has 0 aromatic carbocycles. The molecule has 0 radical (unpaired) electrons. The first-order valence-electron chi connectivity index (χ1n) is 4.72. The molecule has 2 heteroatoms. The summed E-state index contributed by atoms with van der Waals surface area (Å²) in [7, 11) is 0. The lowest BCUT2D eigenvalue weighted by atomic mass is 10.1. The Bertz CT molecular complexity index is 110. The van der Waals surface area contributed by atoms with Crippen molar-refractivity contribution in [3.05, 3.63) is 0 Å². The molecule has 0 spiro atoms. The second-order valence-electron chi connectivity index (χ2n) is 3.61. The van der Waals surface area contributed by atoms with Crippen molar-refractivity contribution in [2.24, 2.45) is 5.92 Å². The third kappa shape index (κ3) is 7.73. The van der Waals surface area contributed by atoms with Gasteiger partial charge in [0.05, 0.1) is 6.10 Å². The van der Waals surface area contributed by atoms with Crippen molar-refractivity contribution >= 4 is 6.29 Å². The Balaban J connectivity index is 3.18. The average Bonchev–Trinajstić information content (AvgIpc) is 2.00. The van der Waals surface area contributed by atoms with Crippen LogP contribution in [-0.4, -0.2) is 19.0 Å². The normalized spacial score (nSPS) is 13.3. The smallest absolute Gasteiger partial charge is 0.120 e. The zero-order chi connectivity index (χ0) is 9.40. The Morgan fingerprint density at radius 1 is 1.25 bits per heavy atom. The van der Waals surface area contributed by atoms with Crippen LogP contribution in [0.5, 0.6) is 0 Å². The molecule has 1 atom stereocenters. The summed E-state index contributed by atoms with van der Waals surface area (Å²) in [6, 6.07) is 0. The van der Waals surface area contributed by atoms with E-state index in [2.05, 4.69) is 13.8 Å². The van der Waals surface area contributed by atoms with Crippen molar-refractivity contribution in [2.45, 2.75) is 46.1 Å². The van der Waals surface area contributed by atoms with E-state index in [1.165, 1.54) is 0 Å². The molecular weight excluding hydrogens is 152 g/mol. The molecule has 0 aromatic rings. The van der Waals surface area contributed by atoms with Crippen molar-refractivity contribution < 1.29 is 9.53 Å². The Morgan fingerprint density at radius 2 is 1.92 bits per heavy atom. The second-order valence-corrected chi connectivity index (χ2v) is 3.61. The van der Waals surface area contributed by atoms with Crippen molar-refractivity contribution in [1.29, 1.82) is 0 Å². The molecule has 0 rings (SSSR count). The van der Waals surface area contributed by atoms with Gasteiger partial charge in [-0.2, -0.15) is 0 Å². The minimum atomic E-state index is 0.231. The fraction of sp³-hybridized carbons (Fsp3) is 0.900. The van der Waals surface area contributed by atoms with Gasteiger partial charge in [0.1, 0.15) is 6.29 Å². The summed E-state index contributed by atoms with van der Waals surface area (Å²) >= 11 is 0. The van der Waals surface area contributed by atoms with Crippen LogP contribution in [0.4, 0.5) is 0 Å². The number of rotatable bonds is 7. The highest BCUT2D eigenvalue weighted by atomic mass is 16.5. The van der Waals surface area contributed by atoms with Gasteiger partial charge in [0, 0.05) is 13.0 Å². The van der Waals surface area contributed by atoms with Crippen LogP contribution in [0.1, 0.15) is 40.0 Å². The molecule has 0 aromatic heterocycles. The lowest BCUT2D eigenvalue weighted by Crippen LogP contribution is -2.10. The Morgan fingerprint density at radius 3 is 2.42 bits per heavy atom. The third-order valence-corrected chi connectivity index (χ3v) is 1.79. The fourth-order valence-corrected chi connectivity index (χ4v) is 0.891. The standard InChI is InChI=1S/C10H20O2/c1-9(2)6-8-12-10(3)5-4-7-11/h7,9-10H,4-6,8H2,1-3H3. The molecule has 2 nitrogen and oxygen atoms in total. The minimum absolute atomic E-state index is 0.231. The first-order valence-corrected chi connectivity index (χ1v) is 4.72. The summed E-state index contributed by atoms with van der Waals surface area (Å²) in [5, 5.41) is 0. The van der Waals surface area contributed by atoms with Gasteiger partial charge >= 0.3 is 0 Å². The molecule has 0 aliphatic carbocycles. The van der Waals surface area contributed by atoms with Crippen molar-refractivity contribution in [3.8, 4) is 0 Å². The molecule has 0 saturated heterocycles. The zero-order valence-electron chi connectivity index (χ0n) is 8.38. The first-order chi connectivity index (χ1) is 5.66. The number of ether oxygens (including phenoxy) is 1. The molecule has 72 valence electrons. The van der Waals surface area contributed by atoms with Gasteiger partial charge in [0.2, 0.25) is 0 Å². The van der Waals surface area contributed by atoms with Crippen LogP contribution in [0.15, 0.2) is 0 Å². The summed E-state index contributed by atoms with van der Waals surface area (Å²) in [6.07, 6.45) is 3.74. The van der Waals surface area contributed by atoms with Crippen LogP contribution >= 0.6 is 0 Å². The molecule has 0 aliphatic heterocycles. The molecule has 1 unspecified atom stereocenters. The summed E-state index contributed by atoms with van der Waals surface area (Å²) in [6.45, 7) is 7.19. The van der Waals surface area contributed by atoms with Gasteiger partial charge in [0.25, 0.3) is 0 Å². The van der Waals surface area contributed by atoms with E-state index in [1.807, 2.05) is 6.92 Å². The van der Waals surface area contributed by atoms with Gasteiger partial charge in [-0.05, 0) is 25.7 Å². The van der Waals surface area contributed by atoms with Crippen LogP contribution < -0.4 is 0 Å². The number of hydrogen-bond donors (Lipinski definition) is 0. The lowest BCUT2D eigenvalue weighted by Gasteiger charge is -2.12. The number of hydrogen-bond acceptors (Lipinski definition) is 2. The van der Waals surface area contributed by atoms with Gasteiger partial charge in [-0.25, -0.2) is 0 Å². The highest BCUT2D eigenvalue weighted by Gasteiger charge is 2.01. The van der Waals surface area contributed by atoms with Crippen LogP contribution in [0.3, 0.4) is 0 Å². The molecule has 0 heterocycles. The average molecular weight is 172 g/mol.